The molecule has 0 aliphatic rings. The summed E-state index contributed by atoms with van der Waals surface area (Å²) in [5.74, 6) is 1.70. The van der Waals surface area contributed by atoms with Crippen molar-refractivity contribution in [2.45, 2.75) is 39.0 Å². The summed E-state index contributed by atoms with van der Waals surface area (Å²) in [6.07, 6.45) is 2.02. The Morgan fingerprint density at radius 1 is 0.657 bits per heavy atom. The van der Waals surface area contributed by atoms with Crippen LogP contribution < -0.4 is 4.74 Å². The van der Waals surface area contributed by atoms with Crippen molar-refractivity contribution < 1.29 is 4.74 Å². The molecule has 0 aliphatic carbocycles. The maximum absolute atomic E-state index is 6.51. The van der Waals surface area contributed by atoms with E-state index in [-0.39, 0.29) is 10.5 Å². The second kappa shape index (κ2) is 14.1. The molecule has 1 atom stereocenters. The van der Waals surface area contributed by atoms with E-state index in [0.29, 0.717) is 0 Å². The van der Waals surface area contributed by atoms with Gasteiger partial charge >= 0.3 is 0 Å². The van der Waals surface area contributed by atoms with Gasteiger partial charge in [0.2, 0.25) is 5.90 Å². The highest BCUT2D eigenvalue weighted by atomic mass is 32.2. The first kappa shape index (κ1) is 25.5. The molecular weight excluding hydrogens is 487 g/mol. The lowest BCUT2D eigenvalue weighted by Crippen LogP contribution is -2.28. The molecular formula is C30H29NOS3. The number of thioether (sulfide) groups is 2. The van der Waals surface area contributed by atoms with Gasteiger partial charge in [-0.3, -0.25) is 0 Å². The molecule has 0 saturated carbocycles. The van der Waals surface area contributed by atoms with Crippen LogP contribution in [0.25, 0.3) is 0 Å². The second-order valence-corrected chi connectivity index (χ2v) is 11.4. The van der Waals surface area contributed by atoms with Crippen molar-refractivity contribution in [3.05, 3.63) is 121 Å². The third-order valence-corrected chi connectivity index (χ3v) is 8.73. The monoisotopic (exact) mass is 515 g/mol. The number of ether oxygens (including phenoxy) is 1. The summed E-state index contributed by atoms with van der Waals surface area (Å²) in [7, 11) is 0. The molecule has 0 N–H and O–H groups in total. The molecule has 0 aliphatic heterocycles. The highest BCUT2D eigenvalue weighted by Crippen LogP contribution is 2.42. The summed E-state index contributed by atoms with van der Waals surface area (Å²) in [6, 6.07) is 41.5. The zero-order chi connectivity index (χ0) is 24.1. The van der Waals surface area contributed by atoms with E-state index in [4.69, 9.17) is 9.13 Å². The number of rotatable bonds is 11. The zero-order valence-electron chi connectivity index (χ0n) is 19.7. The van der Waals surface area contributed by atoms with Gasteiger partial charge in [0.1, 0.15) is 5.75 Å². The summed E-state index contributed by atoms with van der Waals surface area (Å²) in [5.41, 5.74) is 0. The maximum atomic E-state index is 6.51. The third-order valence-electron chi connectivity index (χ3n) is 5.19. The van der Waals surface area contributed by atoms with E-state index >= 15 is 0 Å². The lowest BCUT2D eigenvalue weighted by Gasteiger charge is -2.27. The predicted molar refractivity (Wildman–Crippen MR) is 154 cm³/mol. The van der Waals surface area contributed by atoms with Crippen molar-refractivity contribution in [3.8, 4) is 5.75 Å². The molecule has 0 fully saturated rings. The van der Waals surface area contributed by atoms with Crippen LogP contribution in [-0.4, -0.2) is 10.5 Å². The lowest BCUT2D eigenvalue weighted by molar-refractivity contribution is 0.481. The molecule has 5 heteroatoms. The highest BCUT2D eigenvalue weighted by molar-refractivity contribution is 8.17. The lowest BCUT2D eigenvalue weighted by atomic mass is 10.1. The first-order valence-corrected chi connectivity index (χ1v) is 14.3. The molecule has 35 heavy (non-hydrogen) atoms. The Labute approximate surface area is 221 Å². The van der Waals surface area contributed by atoms with Crippen LogP contribution in [0.2, 0.25) is 0 Å². The summed E-state index contributed by atoms with van der Waals surface area (Å²) >= 11 is 5.25. The SMILES string of the molecule is CCCC(C(=NSc1ccccc1)Oc1ccccc1)C(Sc1ccccc1)Sc1ccccc1. The molecule has 0 saturated heterocycles. The van der Waals surface area contributed by atoms with Crippen LogP contribution in [-0.2, 0) is 0 Å². The number of para-hydroxylation sites is 1. The molecule has 0 heterocycles. The molecule has 0 aromatic heterocycles. The van der Waals surface area contributed by atoms with Crippen LogP contribution in [0.15, 0.2) is 140 Å². The van der Waals surface area contributed by atoms with E-state index in [1.54, 1.807) is 0 Å². The van der Waals surface area contributed by atoms with Gasteiger partial charge in [-0.25, -0.2) is 0 Å². The topological polar surface area (TPSA) is 21.6 Å². The second-order valence-electron chi connectivity index (χ2n) is 7.87. The zero-order valence-corrected chi connectivity index (χ0v) is 22.1. The van der Waals surface area contributed by atoms with Gasteiger partial charge in [-0.15, -0.1) is 23.5 Å². The van der Waals surface area contributed by atoms with Crippen LogP contribution in [0, 0.1) is 5.92 Å². The van der Waals surface area contributed by atoms with Crippen molar-refractivity contribution >= 4 is 41.4 Å². The standard InChI is InChI=1S/C30H29NOS3/c1-2-15-28(30(33-25-18-9-4-10-19-25)34-26-20-11-5-12-21-26)29(32-24-16-7-3-8-17-24)31-35-27-22-13-6-14-23-27/h3-14,16-23,28,30H,2,15H2,1H3. The number of hydrogen-bond acceptors (Lipinski definition) is 5. The highest BCUT2D eigenvalue weighted by Gasteiger charge is 2.30. The molecule has 1 unspecified atom stereocenters. The number of benzene rings is 4. The first-order valence-electron chi connectivity index (χ1n) is 11.8. The fraction of sp³-hybridized carbons (Fsp3) is 0.167. The van der Waals surface area contributed by atoms with Crippen molar-refractivity contribution in [2.75, 3.05) is 0 Å². The van der Waals surface area contributed by atoms with Gasteiger partial charge in [0, 0.05) is 26.6 Å². The fourth-order valence-electron chi connectivity index (χ4n) is 3.49. The van der Waals surface area contributed by atoms with Gasteiger partial charge in [-0.1, -0.05) is 86.1 Å². The minimum absolute atomic E-state index is 0.117. The fourth-order valence-corrected chi connectivity index (χ4v) is 7.00. The normalized spacial score (nSPS) is 12.5. The Bertz CT molecular complexity index is 1110. The van der Waals surface area contributed by atoms with E-state index in [1.807, 2.05) is 72.1 Å². The molecule has 178 valence electrons. The quantitative estimate of drug-likeness (QED) is 0.0652. The smallest absolute Gasteiger partial charge is 0.206 e. The van der Waals surface area contributed by atoms with Crippen LogP contribution in [0.3, 0.4) is 0 Å². The molecule has 4 rings (SSSR count). The van der Waals surface area contributed by atoms with Crippen molar-refractivity contribution in [1.82, 2.24) is 0 Å². The molecule has 4 aromatic rings. The van der Waals surface area contributed by atoms with E-state index in [9.17, 15) is 0 Å². The number of nitrogens with zero attached hydrogens (tertiary/aromatic N) is 1. The average Bonchev–Trinajstić information content (AvgIpc) is 2.92. The van der Waals surface area contributed by atoms with Crippen LogP contribution in [0.5, 0.6) is 5.75 Å². The van der Waals surface area contributed by atoms with Gasteiger partial charge in [0.05, 0.1) is 10.5 Å². The summed E-state index contributed by atoms with van der Waals surface area (Å²) in [4.78, 5) is 3.59. The Hall–Kier alpha value is -2.60. The Morgan fingerprint density at radius 3 is 1.60 bits per heavy atom. The molecule has 2 nitrogen and oxygen atoms in total. The Morgan fingerprint density at radius 2 is 1.11 bits per heavy atom. The predicted octanol–water partition coefficient (Wildman–Crippen LogP) is 9.50. The maximum Gasteiger partial charge on any atom is 0.206 e. The van der Waals surface area contributed by atoms with Crippen molar-refractivity contribution in [1.29, 1.82) is 0 Å². The van der Waals surface area contributed by atoms with Gasteiger partial charge in [-0.2, -0.15) is 4.40 Å². The minimum Gasteiger partial charge on any atom is -0.442 e. The average molecular weight is 516 g/mol. The van der Waals surface area contributed by atoms with Gasteiger partial charge < -0.3 is 4.74 Å². The van der Waals surface area contributed by atoms with Crippen LogP contribution in [0.1, 0.15) is 19.8 Å². The molecule has 0 amide bonds. The van der Waals surface area contributed by atoms with E-state index < -0.39 is 0 Å². The molecule has 4 aromatic carbocycles. The largest absolute Gasteiger partial charge is 0.442 e. The summed E-state index contributed by atoms with van der Waals surface area (Å²) in [6.45, 7) is 2.23. The van der Waals surface area contributed by atoms with Gasteiger partial charge in [0.25, 0.3) is 0 Å². The Kier molecular flexibility index (Phi) is 10.3. The summed E-state index contributed by atoms with van der Waals surface area (Å²) < 4.78 is 11.7. The summed E-state index contributed by atoms with van der Waals surface area (Å²) in [5, 5.41) is 0. The van der Waals surface area contributed by atoms with Crippen LogP contribution >= 0.6 is 35.5 Å². The minimum atomic E-state index is 0.117. The molecule has 0 bridgehead atoms. The first-order chi connectivity index (χ1) is 17.3. The van der Waals surface area contributed by atoms with Crippen molar-refractivity contribution in [3.63, 3.8) is 0 Å². The van der Waals surface area contributed by atoms with Crippen LogP contribution in [0.4, 0.5) is 0 Å². The Balaban J connectivity index is 1.69. The van der Waals surface area contributed by atoms with Gasteiger partial charge in [-0.05, 0) is 55.0 Å². The van der Waals surface area contributed by atoms with E-state index in [1.165, 1.54) is 21.7 Å². The molecule has 0 spiro atoms. The molecule has 0 radical (unpaired) electrons. The van der Waals surface area contributed by atoms with Crippen molar-refractivity contribution in [2.24, 2.45) is 10.3 Å². The number of hydrogen-bond donors (Lipinski definition) is 0. The van der Waals surface area contributed by atoms with Gasteiger partial charge in [0.15, 0.2) is 0 Å². The van der Waals surface area contributed by atoms with E-state index in [0.717, 1.165) is 29.4 Å². The van der Waals surface area contributed by atoms with E-state index in [2.05, 4.69) is 79.7 Å². The third kappa shape index (κ3) is 8.24.